The lowest BCUT2D eigenvalue weighted by atomic mass is 10.0. The Kier molecular flexibility index (Phi) is 3.00. The van der Waals surface area contributed by atoms with Crippen molar-refractivity contribution in [3.63, 3.8) is 0 Å². The maximum Gasteiger partial charge on any atom is 0.148 e. The maximum atomic E-state index is 12.9. The van der Waals surface area contributed by atoms with Gasteiger partial charge in [0.2, 0.25) is 0 Å². The van der Waals surface area contributed by atoms with E-state index in [2.05, 4.69) is 6.58 Å². The highest BCUT2D eigenvalue weighted by Gasteiger charge is 2.10. The SMILES string of the molecule is C=C(c1ccccc1)C(F)CO. The fourth-order valence-corrected chi connectivity index (χ4v) is 0.943. The fraction of sp³-hybridized carbons (Fsp3) is 0.200. The van der Waals surface area contributed by atoms with Crippen LogP contribution in [-0.2, 0) is 0 Å². The van der Waals surface area contributed by atoms with Gasteiger partial charge < -0.3 is 5.11 Å². The van der Waals surface area contributed by atoms with Crippen molar-refractivity contribution >= 4 is 5.57 Å². The number of aliphatic hydroxyl groups is 1. The minimum Gasteiger partial charge on any atom is -0.393 e. The summed E-state index contributed by atoms with van der Waals surface area (Å²) < 4.78 is 12.9. The van der Waals surface area contributed by atoms with Crippen molar-refractivity contribution in [3.05, 3.63) is 42.5 Å². The van der Waals surface area contributed by atoms with Crippen LogP contribution in [0.5, 0.6) is 0 Å². The van der Waals surface area contributed by atoms with Gasteiger partial charge in [0.15, 0.2) is 0 Å². The summed E-state index contributed by atoms with van der Waals surface area (Å²) >= 11 is 0. The van der Waals surface area contributed by atoms with Crippen LogP contribution in [-0.4, -0.2) is 17.9 Å². The minimum atomic E-state index is -1.35. The molecule has 64 valence electrons. The topological polar surface area (TPSA) is 20.2 Å². The Labute approximate surface area is 71.2 Å². The van der Waals surface area contributed by atoms with Gasteiger partial charge in [-0.1, -0.05) is 36.9 Å². The smallest absolute Gasteiger partial charge is 0.148 e. The van der Waals surface area contributed by atoms with E-state index < -0.39 is 12.8 Å². The molecule has 1 nitrogen and oxygen atoms in total. The van der Waals surface area contributed by atoms with Gasteiger partial charge in [-0.3, -0.25) is 0 Å². The third-order valence-corrected chi connectivity index (χ3v) is 1.68. The van der Waals surface area contributed by atoms with Crippen molar-refractivity contribution in [2.24, 2.45) is 0 Å². The zero-order chi connectivity index (χ0) is 8.97. The number of hydrogen-bond acceptors (Lipinski definition) is 1. The van der Waals surface area contributed by atoms with Crippen molar-refractivity contribution in [3.8, 4) is 0 Å². The molecule has 0 bridgehead atoms. The van der Waals surface area contributed by atoms with Crippen molar-refractivity contribution in [2.45, 2.75) is 6.17 Å². The second-order valence-corrected chi connectivity index (χ2v) is 2.54. The molecule has 0 radical (unpaired) electrons. The normalized spacial score (nSPS) is 12.5. The van der Waals surface area contributed by atoms with Gasteiger partial charge in [-0.15, -0.1) is 0 Å². The van der Waals surface area contributed by atoms with E-state index in [4.69, 9.17) is 5.11 Å². The van der Waals surface area contributed by atoms with E-state index in [0.717, 1.165) is 5.56 Å². The summed E-state index contributed by atoms with van der Waals surface area (Å²) in [5.74, 6) is 0. The van der Waals surface area contributed by atoms with E-state index in [9.17, 15) is 4.39 Å². The Hall–Kier alpha value is -1.15. The Morgan fingerprint density at radius 3 is 2.50 bits per heavy atom. The number of alkyl halides is 1. The highest BCUT2D eigenvalue weighted by atomic mass is 19.1. The van der Waals surface area contributed by atoms with Crippen LogP contribution < -0.4 is 0 Å². The van der Waals surface area contributed by atoms with Gasteiger partial charge in [0.25, 0.3) is 0 Å². The molecule has 2 heteroatoms. The molecule has 0 saturated carbocycles. The summed E-state index contributed by atoms with van der Waals surface area (Å²) in [7, 11) is 0. The summed E-state index contributed by atoms with van der Waals surface area (Å²) in [4.78, 5) is 0. The third-order valence-electron chi connectivity index (χ3n) is 1.68. The molecule has 0 saturated heterocycles. The number of aliphatic hydroxyl groups excluding tert-OH is 1. The molecule has 1 unspecified atom stereocenters. The second kappa shape index (κ2) is 4.02. The summed E-state index contributed by atoms with van der Waals surface area (Å²) in [6.45, 7) is 3.05. The van der Waals surface area contributed by atoms with E-state index in [-0.39, 0.29) is 0 Å². The highest BCUT2D eigenvalue weighted by Crippen LogP contribution is 2.17. The standard InChI is InChI=1S/C10H11FO/c1-8(10(11)7-12)9-5-3-2-4-6-9/h2-6,10,12H,1,7H2. The molecule has 0 aliphatic carbocycles. The van der Waals surface area contributed by atoms with Crippen LogP contribution in [0.25, 0.3) is 5.57 Å². The lowest BCUT2D eigenvalue weighted by molar-refractivity contribution is 0.215. The first-order valence-electron chi connectivity index (χ1n) is 3.75. The van der Waals surface area contributed by atoms with Gasteiger partial charge in [-0.25, -0.2) is 4.39 Å². The molecule has 0 aromatic heterocycles. The second-order valence-electron chi connectivity index (χ2n) is 2.54. The van der Waals surface area contributed by atoms with Crippen LogP contribution in [0.15, 0.2) is 36.9 Å². The molecule has 1 N–H and O–H groups in total. The third kappa shape index (κ3) is 1.92. The van der Waals surface area contributed by atoms with Gasteiger partial charge in [0.1, 0.15) is 6.17 Å². The zero-order valence-electron chi connectivity index (χ0n) is 6.70. The average Bonchev–Trinajstić information content (AvgIpc) is 2.17. The number of hydrogen-bond donors (Lipinski definition) is 1. The quantitative estimate of drug-likeness (QED) is 0.728. The number of benzene rings is 1. The Bertz CT molecular complexity index is 256. The van der Waals surface area contributed by atoms with Crippen molar-refractivity contribution < 1.29 is 9.50 Å². The molecule has 12 heavy (non-hydrogen) atoms. The molecule has 1 aromatic rings. The predicted molar refractivity (Wildman–Crippen MR) is 47.5 cm³/mol. The van der Waals surface area contributed by atoms with E-state index in [0.29, 0.717) is 5.57 Å². The Morgan fingerprint density at radius 1 is 1.42 bits per heavy atom. The summed E-state index contributed by atoms with van der Waals surface area (Å²) in [6.07, 6.45) is -1.35. The molecule has 0 aliphatic heterocycles. The predicted octanol–water partition coefficient (Wildman–Crippen LogP) is 2.03. The molecule has 0 amide bonds. The summed E-state index contributed by atoms with van der Waals surface area (Å²) in [5.41, 5.74) is 1.07. The van der Waals surface area contributed by atoms with Crippen molar-refractivity contribution in [1.29, 1.82) is 0 Å². The average molecular weight is 166 g/mol. The van der Waals surface area contributed by atoms with Crippen LogP contribution in [0.3, 0.4) is 0 Å². The molecule has 0 spiro atoms. The van der Waals surface area contributed by atoms with E-state index >= 15 is 0 Å². The van der Waals surface area contributed by atoms with Gasteiger partial charge in [-0.2, -0.15) is 0 Å². The van der Waals surface area contributed by atoms with E-state index in [1.807, 2.05) is 18.2 Å². The van der Waals surface area contributed by atoms with Gasteiger partial charge >= 0.3 is 0 Å². The van der Waals surface area contributed by atoms with E-state index in [1.54, 1.807) is 12.1 Å². The van der Waals surface area contributed by atoms with Crippen molar-refractivity contribution in [2.75, 3.05) is 6.61 Å². The van der Waals surface area contributed by atoms with E-state index in [1.165, 1.54) is 0 Å². The monoisotopic (exact) mass is 166 g/mol. The highest BCUT2D eigenvalue weighted by molar-refractivity contribution is 5.66. The summed E-state index contributed by atoms with van der Waals surface area (Å²) in [6, 6.07) is 9.01. The minimum absolute atomic E-state index is 0.332. The van der Waals surface area contributed by atoms with Gasteiger partial charge in [0.05, 0.1) is 6.61 Å². The molecule has 0 heterocycles. The van der Waals surface area contributed by atoms with Gasteiger partial charge in [-0.05, 0) is 11.1 Å². The molecular formula is C10H11FO. The van der Waals surface area contributed by atoms with Crippen LogP contribution in [0.1, 0.15) is 5.56 Å². The summed E-state index contributed by atoms with van der Waals surface area (Å²) in [5, 5.41) is 8.53. The molecular weight excluding hydrogens is 155 g/mol. The fourth-order valence-electron chi connectivity index (χ4n) is 0.943. The zero-order valence-corrected chi connectivity index (χ0v) is 6.70. The lowest BCUT2D eigenvalue weighted by Gasteiger charge is -2.07. The number of rotatable bonds is 3. The van der Waals surface area contributed by atoms with Crippen LogP contribution >= 0.6 is 0 Å². The molecule has 1 aromatic carbocycles. The largest absolute Gasteiger partial charge is 0.393 e. The molecule has 1 atom stereocenters. The van der Waals surface area contributed by atoms with Crippen molar-refractivity contribution in [1.82, 2.24) is 0 Å². The van der Waals surface area contributed by atoms with Crippen LogP contribution in [0.2, 0.25) is 0 Å². The first-order valence-corrected chi connectivity index (χ1v) is 3.75. The molecule has 0 fully saturated rings. The maximum absolute atomic E-state index is 12.9. The first-order chi connectivity index (χ1) is 5.75. The Morgan fingerprint density at radius 2 is 2.00 bits per heavy atom. The number of halogens is 1. The van der Waals surface area contributed by atoms with Crippen LogP contribution in [0, 0.1) is 0 Å². The van der Waals surface area contributed by atoms with Gasteiger partial charge in [0, 0.05) is 0 Å². The first kappa shape index (κ1) is 8.94. The molecule has 1 rings (SSSR count). The van der Waals surface area contributed by atoms with Crippen LogP contribution in [0.4, 0.5) is 4.39 Å². The lowest BCUT2D eigenvalue weighted by Crippen LogP contribution is -2.07. The Balaban J connectivity index is 2.79. The molecule has 0 aliphatic rings.